The second-order valence-electron chi connectivity index (χ2n) is 3.70. The molecule has 0 saturated carbocycles. The molecule has 2 heterocycles. The Bertz CT molecular complexity index is 451. The second kappa shape index (κ2) is 6.59. The SMILES string of the molecule is Cc1cnn(-c2ccc([C@H](C)N)cn2)c1.Cl.Cl. The van der Waals surface area contributed by atoms with Crippen LogP contribution in [0.5, 0.6) is 0 Å². The summed E-state index contributed by atoms with van der Waals surface area (Å²) < 4.78 is 1.75. The van der Waals surface area contributed by atoms with E-state index in [-0.39, 0.29) is 30.9 Å². The van der Waals surface area contributed by atoms with E-state index in [0.29, 0.717) is 0 Å². The molecule has 0 aliphatic rings. The molecular weight excluding hydrogens is 259 g/mol. The summed E-state index contributed by atoms with van der Waals surface area (Å²) in [7, 11) is 0. The minimum atomic E-state index is 0. The van der Waals surface area contributed by atoms with Crippen LogP contribution in [0.25, 0.3) is 5.82 Å². The van der Waals surface area contributed by atoms with Crippen molar-refractivity contribution in [2.75, 3.05) is 0 Å². The molecule has 2 N–H and O–H groups in total. The largest absolute Gasteiger partial charge is 0.324 e. The highest BCUT2D eigenvalue weighted by Crippen LogP contribution is 2.10. The first-order valence-electron chi connectivity index (χ1n) is 4.90. The van der Waals surface area contributed by atoms with Gasteiger partial charge in [-0.1, -0.05) is 6.07 Å². The summed E-state index contributed by atoms with van der Waals surface area (Å²) in [5.41, 5.74) is 7.89. The minimum Gasteiger partial charge on any atom is -0.324 e. The third-order valence-electron chi connectivity index (χ3n) is 2.24. The molecule has 94 valence electrons. The Hall–Kier alpha value is -1.10. The molecule has 4 nitrogen and oxygen atoms in total. The zero-order valence-electron chi connectivity index (χ0n) is 9.70. The van der Waals surface area contributed by atoms with Crippen LogP contribution in [0.1, 0.15) is 24.1 Å². The van der Waals surface area contributed by atoms with Gasteiger partial charge >= 0.3 is 0 Å². The molecule has 2 aromatic rings. The van der Waals surface area contributed by atoms with Crippen molar-refractivity contribution in [3.05, 3.63) is 41.9 Å². The minimum absolute atomic E-state index is 0. The van der Waals surface area contributed by atoms with Gasteiger partial charge in [-0.25, -0.2) is 9.67 Å². The van der Waals surface area contributed by atoms with Crippen LogP contribution in [0, 0.1) is 6.92 Å². The highest BCUT2D eigenvalue weighted by molar-refractivity contribution is 5.85. The molecule has 0 spiro atoms. The highest BCUT2D eigenvalue weighted by Gasteiger charge is 2.02. The Balaban J connectivity index is 0.00000128. The first kappa shape index (κ1) is 15.9. The van der Waals surface area contributed by atoms with Crippen molar-refractivity contribution in [2.24, 2.45) is 5.73 Å². The van der Waals surface area contributed by atoms with Crippen molar-refractivity contribution >= 4 is 24.8 Å². The van der Waals surface area contributed by atoms with Crippen LogP contribution in [0.4, 0.5) is 0 Å². The van der Waals surface area contributed by atoms with E-state index in [2.05, 4.69) is 10.1 Å². The molecule has 2 aromatic heterocycles. The molecule has 0 radical (unpaired) electrons. The average molecular weight is 275 g/mol. The molecule has 0 saturated heterocycles. The van der Waals surface area contributed by atoms with Gasteiger partial charge in [-0.3, -0.25) is 0 Å². The lowest BCUT2D eigenvalue weighted by atomic mass is 10.2. The summed E-state index contributed by atoms with van der Waals surface area (Å²) in [4.78, 5) is 4.30. The third kappa shape index (κ3) is 3.70. The molecule has 0 aromatic carbocycles. The molecule has 0 aliphatic heterocycles. The number of nitrogens with zero attached hydrogens (tertiary/aromatic N) is 3. The predicted octanol–water partition coefficient (Wildman–Crippen LogP) is 2.44. The first-order chi connectivity index (χ1) is 7.16. The summed E-state index contributed by atoms with van der Waals surface area (Å²) in [6, 6.07) is 3.92. The number of hydrogen-bond donors (Lipinski definition) is 1. The maximum atomic E-state index is 5.74. The van der Waals surface area contributed by atoms with Crippen molar-refractivity contribution in [1.82, 2.24) is 14.8 Å². The number of aryl methyl sites for hydroxylation is 1. The third-order valence-corrected chi connectivity index (χ3v) is 2.24. The molecule has 0 amide bonds. The zero-order chi connectivity index (χ0) is 10.8. The van der Waals surface area contributed by atoms with Crippen molar-refractivity contribution in [3.8, 4) is 5.82 Å². The van der Waals surface area contributed by atoms with Crippen molar-refractivity contribution in [2.45, 2.75) is 19.9 Å². The lowest BCUT2D eigenvalue weighted by molar-refractivity contribution is 0.797. The van der Waals surface area contributed by atoms with Crippen LogP contribution in [0.3, 0.4) is 0 Å². The normalized spacial score (nSPS) is 11.2. The fraction of sp³-hybridized carbons (Fsp3) is 0.273. The van der Waals surface area contributed by atoms with E-state index in [4.69, 9.17) is 5.73 Å². The molecule has 2 rings (SSSR count). The van der Waals surface area contributed by atoms with Gasteiger partial charge in [0.05, 0.1) is 6.20 Å². The highest BCUT2D eigenvalue weighted by atomic mass is 35.5. The lowest BCUT2D eigenvalue weighted by Gasteiger charge is -2.05. The molecule has 17 heavy (non-hydrogen) atoms. The van der Waals surface area contributed by atoms with Gasteiger partial charge in [0.1, 0.15) is 0 Å². The molecule has 0 unspecified atom stereocenters. The quantitative estimate of drug-likeness (QED) is 0.915. The van der Waals surface area contributed by atoms with Gasteiger partial charge in [0.25, 0.3) is 0 Å². The monoisotopic (exact) mass is 274 g/mol. The number of rotatable bonds is 2. The van der Waals surface area contributed by atoms with Crippen LogP contribution in [0.15, 0.2) is 30.7 Å². The maximum Gasteiger partial charge on any atom is 0.153 e. The van der Waals surface area contributed by atoms with Crippen molar-refractivity contribution in [3.63, 3.8) is 0 Å². The molecule has 1 atom stereocenters. The van der Waals surface area contributed by atoms with E-state index in [1.807, 2.05) is 32.2 Å². The fourth-order valence-corrected chi connectivity index (χ4v) is 1.34. The Labute approximate surface area is 113 Å². The van der Waals surface area contributed by atoms with Crippen LogP contribution in [0.2, 0.25) is 0 Å². The lowest BCUT2D eigenvalue weighted by Crippen LogP contribution is -2.06. The van der Waals surface area contributed by atoms with Gasteiger partial charge in [0.15, 0.2) is 5.82 Å². The number of nitrogens with two attached hydrogens (primary N) is 1. The van der Waals surface area contributed by atoms with Gasteiger partial charge < -0.3 is 5.73 Å². The average Bonchev–Trinajstić information content (AvgIpc) is 2.65. The Morgan fingerprint density at radius 1 is 1.24 bits per heavy atom. The van der Waals surface area contributed by atoms with Gasteiger partial charge in [-0.2, -0.15) is 5.10 Å². The summed E-state index contributed by atoms with van der Waals surface area (Å²) in [6.07, 6.45) is 5.53. The number of hydrogen-bond acceptors (Lipinski definition) is 3. The van der Waals surface area contributed by atoms with Gasteiger partial charge in [-0.05, 0) is 31.0 Å². The maximum absolute atomic E-state index is 5.74. The summed E-state index contributed by atoms with van der Waals surface area (Å²) >= 11 is 0. The van der Waals surface area contributed by atoms with Crippen LogP contribution in [-0.2, 0) is 0 Å². The standard InChI is InChI=1S/C11H14N4.2ClH/c1-8-5-14-15(7-8)11-4-3-10(6-13-11)9(2)12;;/h3-7,9H,12H2,1-2H3;2*1H/t9-;;/m0../s1. The molecular formula is C11H16Cl2N4. The molecule has 0 fully saturated rings. The van der Waals surface area contributed by atoms with E-state index >= 15 is 0 Å². The molecule has 6 heteroatoms. The number of pyridine rings is 1. The second-order valence-corrected chi connectivity index (χ2v) is 3.70. The number of aromatic nitrogens is 3. The van der Waals surface area contributed by atoms with Crippen molar-refractivity contribution < 1.29 is 0 Å². The van der Waals surface area contributed by atoms with Crippen molar-refractivity contribution in [1.29, 1.82) is 0 Å². The topological polar surface area (TPSA) is 56.7 Å². The van der Waals surface area contributed by atoms with Crippen LogP contribution < -0.4 is 5.73 Å². The summed E-state index contributed by atoms with van der Waals surface area (Å²) in [6.45, 7) is 3.94. The van der Waals surface area contributed by atoms with E-state index in [1.165, 1.54) is 0 Å². The fourth-order valence-electron chi connectivity index (χ4n) is 1.34. The first-order valence-corrected chi connectivity index (χ1v) is 4.90. The summed E-state index contributed by atoms with van der Waals surface area (Å²) in [5.74, 6) is 0.813. The van der Waals surface area contributed by atoms with Gasteiger partial charge in [0, 0.05) is 18.4 Å². The van der Waals surface area contributed by atoms with E-state index in [9.17, 15) is 0 Å². The van der Waals surface area contributed by atoms with E-state index in [1.54, 1.807) is 17.1 Å². The smallest absolute Gasteiger partial charge is 0.153 e. The zero-order valence-corrected chi connectivity index (χ0v) is 11.3. The Morgan fingerprint density at radius 3 is 2.35 bits per heavy atom. The Kier molecular flexibility index (Phi) is 6.16. The predicted molar refractivity (Wildman–Crippen MR) is 73.2 cm³/mol. The summed E-state index contributed by atoms with van der Waals surface area (Å²) in [5, 5.41) is 4.18. The molecule has 0 aliphatic carbocycles. The van der Waals surface area contributed by atoms with E-state index < -0.39 is 0 Å². The molecule has 0 bridgehead atoms. The number of halogens is 2. The van der Waals surface area contributed by atoms with Crippen LogP contribution in [-0.4, -0.2) is 14.8 Å². The van der Waals surface area contributed by atoms with Gasteiger partial charge in [0.2, 0.25) is 0 Å². The van der Waals surface area contributed by atoms with E-state index in [0.717, 1.165) is 16.9 Å². The Morgan fingerprint density at radius 2 is 1.94 bits per heavy atom. The van der Waals surface area contributed by atoms with Crippen LogP contribution >= 0.6 is 24.8 Å². The van der Waals surface area contributed by atoms with Gasteiger partial charge in [-0.15, -0.1) is 24.8 Å².